The summed E-state index contributed by atoms with van der Waals surface area (Å²) in [5, 5.41) is 16.3. The Morgan fingerprint density at radius 1 is 0.347 bits per heavy atom. The van der Waals surface area contributed by atoms with Crippen LogP contribution in [0.25, 0.3) is 89.7 Å². The second kappa shape index (κ2) is 49.9. The van der Waals surface area contributed by atoms with E-state index in [1.54, 1.807) is 4.72 Å². The number of aromatic nitrogens is 16. The lowest BCUT2D eigenvalue weighted by Crippen LogP contribution is -2.31. The van der Waals surface area contributed by atoms with E-state index >= 15 is 0 Å². The molecule has 8 N–H and O–H groups in total. The van der Waals surface area contributed by atoms with Gasteiger partial charge in [-0.05, 0) is 255 Å². The second-order valence-corrected chi connectivity index (χ2v) is 40.8. The van der Waals surface area contributed by atoms with E-state index in [0.29, 0.717) is 108 Å². The fraction of sp³-hybridized carbons (Fsp3) is 0.560. The van der Waals surface area contributed by atoms with Gasteiger partial charge in [0.25, 0.3) is 22.2 Å². The Kier molecular flexibility index (Phi) is 24.2. The number of ether oxygens (including phenoxy) is 4. The minimum atomic E-state index is -4.83. The highest BCUT2D eigenvalue weighted by molar-refractivity contribution is 7.90. The van der Waals surface area contributed by atoms with Gasteiger partial charge in [-0.15, -0.1) is 0 Å². The van der Waals surface area contributed by atoms with Crippen LogP contribution in [-0.2, 0) is 93.6 Å². The van der Waals surface area contributed by atoms with E-state index in [-0.39, 0.29) is 225 Å². The molecule has 4 aliphatic rings. The summed E-state index contributed by atoms with van der Waals surface area (Å²) in [5.74, 6) is 0.00752. The van der Waals surface area contributed by atoms with Crippen molar-refractivity contribution in [1.29, 1.82) is 0 Å². The number of rotatable bonds is 44. The smallest absolute Gasteiger partial charge is 0.277 e. The molecule has 784 valence electrons. The molecule has 0 aliphatic carbocycles. The van der Waals surface area contributed by atoms with Gasteiger partial charge < -0.3 is 58.5 Å². The number of aryl methyl sites for hydroxylation is 8. The molecule has 4 fully saturated rings. The topological polar surface area (TPSA) is 489 Å². The molecule has 0 saturated carbocycles. The number of sulfonamides is 4. The molecule has 4 saturated heterocycles. The number of hydrogen-bond acceptors (Lipinski definition) is 28. The molecule has 12 aromatic rings. The number of fused-ring (bicyclic) bond motifs is 4. The number of nitrogens with zero attached hydrogens (tertiary/aromatic N) is 16. The van der Waals surface area contributed by atoms with Crippen molar-refractivity contribution >= 4 is 84.2 Å². The first-order chi connectivity index (χ1) is 83.5. The van der Waals surface area contributed by atoms with E-state index in [1.807, 2.05) is 53.2 Å². The van der Waals surface area contributed by atoms with Crippen LogP contribution in [0, 0.1) is 0 Å². The predicted molar refractivity (Wildman–Crippen MR) is 559 cm³/mol. The van der Waals surface area contributed by atoms with Crippen LogP contribution in [0.5, 0.6) is 23.0 Å². The molecule has 0 spiro atoms. The van der Waals surface area contributed by atoms with Crippen molar-refractivity contribution in [3.8, 4) is 68.5 Å². The molecule has 144 heavy (non-hydrogen) atoms. The van der Waals surface area contributed by atoms with Gasteiger partial charge in [0, 0.05) is 129 Å². The summed E-state index contributed by atoms with van der Waals surface area (Å²) in [6.45, 7) is -12.5. The molecule has 4 aromatic carbocycles. The Morgan fingerprint density at radius 3 is 0.910 bits per heavy atom. The van der Waals surface area contributed by atoms with Gasteiger partial charge in [0.15, 0.2) is 22.1 Å². The first-order valence-corrected chi connectivity index (χ1v) is 53.2. The fourth-order valence-corrected chi connectivity index (χ4v) is 19.7. The highest BCUT2D eigenvalue weighted by Gasteiger charge is 2.32. The van der Waals surface area contributed by atoms with Crippen molar-refractivity contribution in [2.75, 3.05) is 107 Å². The molecule has 5 atom stereocenters. The second-order valence-electron chi connectivity index (χ2n) is 33.9. The molecule has 12 heterocycles. The minimum absolute atomic E-state index is 0.000128. The van der Waals surface area contributed by atoms with Crippen molar-refractivity contribution in [3.63, 3.8) is 0 Å². The molecule has 44 heteroatoms. The van der Waals surface area contributed by atoms with Crippen LogP contribution in [0.1, 0.15) is 257 Å². The molecule has 40 nitrogen and oxygen atoms in total. The maximum atomic E-state index is 13.6. The molecule has 8 aromatic heterocycles. The molecule has 0 bridgehead atoms. The first kappa shape index (κ1) is 69.9. The van der Waals surface area contributed by atoms with Crippen LogP contribution in [-0.4, -0.2) is 263 Å². The van der Waals surface area contributed by atoms with Crippen LogP contribution in [0.2, 0.25) is 0 Å². The Morgan fingerprint density at radius 2 is 0.625 bits per heavy atom. The summed E-state index contributed by atoms with van der Waals surface area (Å²) in [4.78, 5) is 83.4. The standard InChI is InChI=1S/4C25H36N6O4S/c4*1-5-8-20-22-23(31(4)29-20)25(32)28-24(27-22)19-16-18(10-11-21(19)35-15-6-2)36(33,34)26-13-12-17-9-7-14-30(17)3/h4*10-11,16-17,26H,5-9,12-15H2,1-4H3,(H,27,28,32)/i3D3,4D3,12D2,13D2;3D3,4D3,12D2,13D;3D3,4D3,8D2,12D2;3D3,4D3,12D2. The zero-order valence-corrected chi connectivity index (χ0v) is 83.9. The monoisotopic (exact) mass is 2100 g/mol. The van der Waals surface area contributed by atoms with E-state index in [2.05, 4.69) is 69.7 Å². The zero-order chi connectivity index (χ0) is 135. The maximum absolute atomic E-state index is 13.6. The molecule has 0 amide bonds. The summed E-state index contributed by atoms with van der Waals surface area (Å²) in [6.07, 6.45) is -4.98. The lowest BCUT2D eigenvalue weighted by Gasteiger charge is -2.19. The van der Waals surface area contributed by atoms with Crippen LogP contribution < -0.4 is 60.1 Å². The van der Waals surface area contributed by atoms with E-state index in [1.165, 1.54) is 55.5 Å². The van der Waals surface area contributed by atoms with Gasteiger partial charge in [0.2, 0.25) is 40.1 Å². The summed E-state index contributed by atoms with van der Waals surface area (Å²) in [6, 6.07) is 9.99. The van der Waals surface area contributed by atoms with E-state index in [0.717, 1.165) is 43.9 Å². The Balaban J connectivity index is 0.000000196. The summed E-state index contributed by atoms with van der Waals surface area (Å²) < 4.78 is 438. The van der Waals surface area contributed by atoms with Gasteiger partial charge in [0.1, 0.15) is 68.4 Å². The van der Waals surface area contributed by atoms with Crippen LogP contribution in [0.4, 0.5) is 0 Å². The van der Waals surface area contributed by atoms with Gasteiger partial charge in [-0.2, -0.15) is 20.4 Å². The van der Waals surface area contributed by atoms with Gasteiger partial charge in [-0.25, -0.2) is 72.5 Å². The Labute approximate surface area is 895 Å². The third-order valence-corrected chi connectivity index (χ3v) is 28.5. The number of H-pyrrole nitrogens is 4. The van der Waals surface area contributed by atoms with Crippen LogP contribution >= 0.6 is 0 Å². The van der Waals surface area contributed by atoms with Gasteiger partial charge in [-0.3, -0.25) is 37.9 Å². The number of nitrogens with one attached hydrogen (secondary N) is 8. The van der Waals surface area contributed by atoms with Crippen LogP contribution in [0.3, 0.4) is 0 Å². The molecule has 5 unspecified atom stereocenters. The first-order valence-electron chi connectivity index (χ1n) is 65.8. The van der Waals surface area contributed by atoms with Crippen molar-refractivity contribution in [3.05, 3.63) is 137 Å². The molecule has 4 aliphatic heterocycles. The Hall–Kier alpha value is -11.0. The number of hydrogen-bond donors (Lipinski definition) is 8. The highest BCUT2D eigenvalue weighted by atomic mass is 32.2. The van der Waals surface area contributed by atoms with Crippen molar-refractivity contribution < 1.29 is 103 Å². The number of likely N-dealkylation sites (tertiary alicyclic amines) is 4. The largest absolute Gasteiger partial charge is 0.493 e. The number of benzene rings is 4. The summed E-state index contributed by atoms with van der Waals surface area (Å²) >= 11 is 0. The average molecular weight is 2100 g/mol. The quantitative estimate of drug-likeness (QED) is 0.0176. The maximum Gasteiger partial charge on any atom is 0.277 e. The van der Waals surface area contributed by atoms with E-state index in [9.17, 15) is 52.8 Å². The van der Waals surface area contributed by atoms with E-state index in [4.69, 9.17) is 69.7 Å². The van der Waals surface area contributed by atoms with Crippen molar-refractivity contribution in [2.24, 2.45) is 27.9 Å². The number of aromatic amines is 4. The zero-order valence-electron chi connectivity index (χ0n) is 118. The minimum Gasteiger partial charge on any atom is -0.493 e. The van der Waals surface area contributed by atoms with Gasteiger partial charge in [-0.1, -0.05) is 81.1 Å². The average Bonchev–Trinajstić information content (AvgIpc) is 1.56. The molecule has 16 rings (SSSR count). The van der Waals surface area contributed by atoms with Gasteiger partial charge >= 0.3 is 0 Å². The highest BCUT2D eigenvalue weighted by Crippen LogP contribution is 2.38. The molecular weight excluding hydrogens is 1920 g/mol. The predicted octanol–water partition coefficient (Wildman–Crippen LogP) is 11.3. The van der Waals surface area contributed by atoms with Crippen LogP contribution in [0.15, 0.2) is 112 Å². The third-order valence-electron chi connectivity index (χ3n) is 23.2. The molecular formula is C100H144N24O16S4. The third kappa shape index (κ3) is 26.5. The summed E-state index contributed by atoms with van der Waals surface area (Å²) in [5.41, 5.74) is -4.35. The lowest BCUT2D eigenvalue weighted by atomic mass is 10.1. The molecule has 0 radical (unpaired) electrons. The van der Waals surface area contributed by atoms with Crippen molar-refractivity contribution in [2.45, 2.75) is 253 Å². The fourth-order valence-electron chi connectivity index (χ4n) is 16.1. The summed E-state index contributed by atoms with van der Waals surface area (Å²) in [7, 11) is -18.2. The van der Waals surface area contributed by atoms with Gasteiger partial charge in [0.05, 0.1) is 91.0 Å². The lowest BCUT2D eigenvalue weighted by molar-refractivity contribution is 0.297. The van der Waals surface area contributed by atoms with E-state index < -0.39 is 216 Å². The normalized spacial score (nSPS) is 22.0. The SMILES string of the molecule is [2H]C(NS(=O)(=O)c1ccc(OCCC)c(-c2nc3c(CCC)nn(C([2H])([2H])[2H])c3c(=O)[nH]2)c1)C([2H])([2H])C1CCCN1C([2H])([2H])[2H].[2H]C([2H])(CC)c1nn(C([2H])([2H])[2H])c2c(=O)[nH]c(-c3cc(S(=O)(=O)NCC([2H])([2H])C4CCCN4C([2H])([2H])[2H])ccc3OCCC)nc12.[2H]C([2H])(CNS(=O)(=O)c1ccc(OCCC)c(-c2nc3c(CCC)nn(C([2H])([2H])[2H])c3c(=O)[nH]2)c1)C1CCCN1C([2H])([2H])[2H].[2H]C([2H])([2H])N1CCCC1C([2H])([2H])C([2H])([2H])NS(=O)(=O)c1ccc(OCCC)c(-c2nc3c(CCC)nn(C([2H])([2H])[2H])c3c(=O)[nH]2)c1. The van der Waals surface area contributed by atoms with Crippen molar-refractivity contribution in [1.82, 2.24) is 117 Å². The Bertz CT molecular complexity index is 8900.